The number of sulfone groups is 2. The molecular formula is C52H56F2N14O10S2. The molecule has 0 aliphatic carbocycles. The first-order valence-corrected chi connectivity index (χ1v) is 28.2. The minimum Gasteiger partial charge on any atom is -0.494 e. The Morgan fingerprint density at radius 2 is 0.850 bits per heavy atom. The summed E-state index contributed by atoms with van der Waals surface area (Å²) in [6.45, 7) is 0.951. The molecule has 2 aliphatic heterocycles. The van der Waals surface area contributed by atoms with E-state index in [1.807, 2.05) is 0 Å². The SMILES string of the molecule is COc1cccc(OC)c1-n1c(CS(=O)(=O)[C@@H]2C[C@@H](OC)CN(c3ncc(F)cn3)C2)nnc1-c1cccnc1.COc1cccc(OC)c1-n1c(CS(=O)(=O)[C@H]2C[C@H](OC)CN(c3ncc(F)cn3)C2)nnc1-c1cccnc1. The third-order valence-corrected chi connectivity index (χ3v) is 17.5. The van der Waals surface area contributed by atoms with E-state index in [-0.39, 0.29) is 49.5 Å². The fourth-order valence-electron chi connectivity index (χ4n) is 9.50. The van der Waals surface area contributed by atoms with Crippen LogP contribution in [0.15, 0.2) is 110 Å². The Morgan fingerprint density at radius 3 is 1.16 bits per heavy atom. The minimum atomic E-state index is -3.84. The van der Waals surface area contributed by atoms with Crippen molar-refractivity contribution in [3.63, 3.8) is 0 Å². The predicted octanol–water partition coefficient (Wildman–Crippen LogP) is 4.97. The molecule has 0 radical (unpaired) electrons. The summed E-state index contributed by atoms with van der Waals surface area (Å²) in [7, 11) is 1.43. The first kappa shape index (κ1) is 56.4. The molecule has 420 valence electrons. The van der Waals surface area contributed by atoms with Gasteiger partial charge in [0.05, 0.1) is 75.9 Å². The van der Waals surface area contributed by atoms with E-state index in [4.69, 9.17) is 28.4 Å². The molecule has 80 heavy (non-hydrogen) atoms. The molecule has 0 spiro atoms. The van der Waals surface area contributed by atoms with Crippen LogP contribution in [0.1, 0.15) is 24.5 Å². The van der Waals surface area contributed by atoms with Crippen LogP contribution in [0, 0.1) is 11.6 Å². The summed E-state index contributed by atoms with van der Waals surface area (Å²) >= 11 is 0. The van der Waals surface area contributed by atoms with Crippen molar-refractivity contribution in [2.45, 2.75) is 47.1 Å². The maximum Gasteiger partial charge on any atom is 0.225 e. The Labute approximate surface area is 459 Å². The van der Waals surface area contributed by atoms with Crippen LogP contribution in [0.25, 0.3) is 34.2 Å². The molecule has 4 atom stereocenters. The van der Waals surface area contributed by atoms with E-state index >= 15 is 0 Å². The zero-order valence-electron chi connectivity index (χ0n) is 44.3. The van der Waals surface area contributed by atoms with Gasteiger partial charge in [0.25, 0.3) is 0 Å². The second kappa shape index (κ2) is 24.8. The minimum absolute atomic E-state index is 0.107. The number of halogens is 2. The number of methoxy groups -OCH3 is 6. The summed E-state index contributed by atoms with van der Waals surface area (Å²) in [5.74, 6) is 1.30. The number of aromatic nitrogens is 12. The summed E-state index contributed by atoms with van der Waals surface area (Å²) in [5, 5.41) is 15.6. The van der Waals surface area contributed by atoms with E-state index in [9.17, 15) is 25.6 Å². The van der Waals surface area contributed by atoms with Crippen LogP contribution in [-0.2, 0) is 40.7 Å². The smallest absolute Gasteiger partial charge is 0.225 e. The van der Waals surface area contributed by atoms with Crippen molar-refractivity contribution in [3.05, 3.63) is 134 Å². The Hall–Kier alpha value is -8.34. The van der Waals surface area contributed by atoms with Crippen LogP contribution >= 0.6 is 0 Å². The van der Waals surface area contributed by atoms with Crippen LogP contribution in [0.2, 0.25) is 0 Å². The van der Waals surface area contributed by atoms with Gasteiger partial charge in [-0.05, 0) is 61.4 Å². The van der Waals surface area contributed by atoms with Crippen molar-refractivity contribution in [2.75, 3.05) is 78.6 Å². The molecule has 0 N–H and O–H groups in total. The molecule has 8 heterocycles. The number of hydrogen-bond donors (Lipinski definition) is 0. The topological polar surface area (TPSA) is 269 Å². The molecule has 0 bridgehead atoms. The molecule has 2 aliphatic rings. The van der Waals surface area contributed by atoms with Crippen LogP contribution < -0.4 is 28.7 Å². The molecule has 8 aromatic rings. The van der Waals surface area contributed by atoms with Crippen molar-refractivity contribution in [3.8, 4) is 57.1 Å². The number of hydrogen-bond acceptors (Lipinski definition) is 22. The molecule has 0 unspecified atom stereocenters. The van der Waals surface area contributed by atoms with E-state index in [1.165, 1.54) is 42.7 Å². The van der Waals surface area contributed by atoms with E-state index in [2.05, 4.69) is 50.3 Å². The Bertz CT molecular complexity index is 3330. The van der Waals surface area contributed by atoms with Crippen molar-refractivity contribution in [1.82, 2.24) is 59.4 Å². The van der Waals surface area contributed by atoms with Gasteiger partial charge in [-0.15, -0.1) is 20.4 Å². The highest BCUT2D eigenvalue weighted by atomic mass is 32.2. The van der Waals surface area contributed by atoms with E-state index in [0.717, 1.165) is 24.8 Å². The van der Waals surface area contributed by atoms with Gasteiger partial charge in [-0.25, -0.2) is 45.6 Å². The van der Waals surface area contributed by atoms with Crippen molar-refractivity contribution < 1.29 is 54.0 Å². The number of rotatable bonds is 18. The third-order valence-electron chi connectivity index (χ3n) is 13.4. The lowest BCUT2D eigenvalue weighted by atomic mass is 10.1. The Morgan fingerprint density at radius 1 is 0.487 bits per heavy atom. The molecule has 2 saturated heterocycles. The molecule has 2 aromatic carbocycles. The zero-order valence-corrected chi connectivity index (χ0v) is 45.9. The highest BCUT2D eigenvalue weighted by molar-refractivity contribution is 7.91. The van der Waals surface area contributed by atoms with Gasteiger partial charge in [0.15, 0.2) is 54.6 Å². The number of pyridine rings is 2. The predicted molar refractivity (Wildman–Crippen MR) is 287 cm³/mol. The summed E-state index contributed by atoms with van der Waals surface area (Å²) in [6, 6.07) is 17.6. The van der Waals surface area contributed by atoms with E-state index < -0.39 is 65.5 Å². The number of anilines is 2. The Kier molecular flexibility index (Phi) is 17.5. The van der Waals surface area contributed by atoms with Crippen LogP contribution in [-0.4, -0.2) is 168 Å². The molecule has 0 saturated carbocycles. The lowest BCUT2D eigenvalue weighted by Gasteiger charge is -2.36. The monoisotopic (exact) mass is 1140 g/mol. The van der Waals surface area contributed by atoms with Gasteiger partial charge < -0.3 is 38.2 Å². The lowest BCUT2D eigenvalue weighted by molar-refractivity contribution is 0.0897. The number of para-hydroxylation sites is 2. The molecule has 0 amide bonds. The third kappa shape index (κ3) is 12.3. The van der Waals surface area contributed by atoms with Gasteiger partial charge in [-0.1, -0.05) is 12.1 Å². The van der Waals surface area contributed by atoms with Gasteiger partial charge >= 0.3 is 0 Å². The standard InChI is InChI=1S/2C26H28FN7O5S/c2*1-37-19-10-20(15-33(14-19)26-29-12-18(27)13-30-26)40(35,36)16-23-31-32-25(17-6-5-9-28-11-17)34(23)24-21(38-2)7-4-8-22(24)39-3/h2*4-9,11-13,19-20H,10,14-16H2,1-3H3/t2*19-,20-/m10/s1. The highest BCUT2D eigenvalue weighted by Crippen LogP contribution is 2.39. The first-order chi connectivity index (χ1) is 38.7. The summed E-state index contributed by atoms with van der Waals surface area (Å²) in [4.78, 5) is 27.9. The highest BCUT2D eigenvalue weighted by Gasteiger charge is 2.40. The summed E-state index contributed by atoms with van der Waals surface area (Å²) in [6.07, 6.45) is 10.4. The van der Waals surface area contributed by atoms with E-state index in [1.54, 1.807) is 104 Å². The van der Waals surface area contributed by atoms with E-state index in [0.29, 0.717) is 70.2 Å². The van der Waals surface area contributed by atoms with Gasteiger partial charge in [0.1, 0.15) is 45.9 Å². The zero-order chi connectivity index (χ0) is 56.6. The van der Waals surface area contributed by atoms with Crippen molar-refractivity contribution in [1.29, 1.82) is 0 Å². The first-order valence-electron chi connectivity index (χ1n) is 24.7. The van der Waals surface area contributed by atoms with Gasteiger partial charge in [-0.2, -0.15) is 0 Å². The summed E-state index contributed by atoms with van der Waals surface area (Å²) in [5.41, 5.74) is 2.18. The molecular weight excluding hydrogens is 1080 g/mol. The van der Waals surface area contributed by atoms with Crippen LogP contribution in [0.5, 0.6) is 23.0 Å². The maximum atomic E-state index is 13.9. The average Bonchev–Trinajstić information content (AvgIpc) is 4.22. The van der Waals surface area contributed by atoms with Crippen LogP contribution in [0.4, 0.5) is 20.7 Å². The van der Waals surface area contributed by atoms with Gasteiger partial charge in [0, 0.05) is 76.3 Å². The largest absolute Gasteiger partial charge is 0.494 e. The molecule has 6 aromatic heterocycles. The molecule has 2 fully saturated rings. The number of ether oxygens (including phenoxy) is 6. The molecule has 28 heteroatoms. The molecule has 10 rings (SSSR count). The second-order valence-corrected chi connectivity index (χ2v) is 22.9. The van der Waals surface area contributed by atoms with Crippen LogP contribution in [0.3, 0.4) is 0 Å². The fourth-order valence-corrected chi connectivity index (χ4v) is 12.9. The number of piperidine rings is 2. The van der Waals surface area contributed by atoms with Crippen molar-refractivity contribution >= 4 is 31.6 Å². The van der Waals surface area contributed by atoms with Crippen molar-refractivity contribution in [2.24, 2.45) is 0 Å². The number of nitrogens with zero attached hydrogens (tertiary/aromatic N) is 14. The quantitative estimate of drug-likeness (QED) is 0.110. The fraction of sp³-hybridized carbons (Fsp3) is 0.346. The van der Waals surface area contributed by atoms with Gasteiger partial charge in [0.2, 0.25) is 11.9 Å². The second-order valence-electron chi connectivity index (χ2n) is 18.3. The maximum absolute atomic E-state index is 13.9. The Balaban J connectivity index is 0.000000194. The van der Waals surface area contributed by atoms with Gasteiger partial charge in [-0.3, -0.25) is 19.1 Å². The molecule has 24 nitrogen and oxygen atoms in total. The normalized spacial score (nSPS) is 17.6. The number of benzene rings is 2. The average molecular weight is 1140 g/mol. The lowest BCUT2D eigenvalue weighted by Crippen LogP contribution is -2.50. The summed E-state index contributed by atoms with van der Waals surface area (Å²) < 4.78 is 119.